The van der Waals surface area contributed by atoms with Gasteiger partial charge in [0.1, 0.15) is 12.4 Å². The van der Waals surface area contributed by atoms with Crippen LogP contribution in [0.25, 0.3) is 11.1 Å². The number of hydrogen-bond donors (Lipinski definition) is 0. The predicted octanol–water partition coefficient (Wildman–Crippen LogP) is 8.68. The average molecular weight is 485 g/mol. The summed E-state index contributed by atoms with van der Waals surface area (Å²) < 4.78 is 10.7. The molecule has 0 fully saturated rings. The lowest BCUT2D eigenvalue weighted by molar-refractivity contribution is 0.0468. The zero-order valence-corrected chi connectivity index (χ0v) is 21.4. The van der Waals surface area contributed by atoms with Gasteiger partial charge in [0.25, 0.3) is 0 Å². The van der Waals surface area contributed by atoms with Gasteiger partial charge in [-0.25, -0.2) is 4.79 Å². The highest BCUT2D eigenvalue weighted by atomic mass is 32.2. The van der Waals surface area contributed by atoms with Gasteiger partial charge in [-0.1, -0.05) is 105 Å². The smallest absolute Gasteiger partial charge is 0.339 e. The molecular weight excluding hydrogens is 452 g/mol. The zero-order chi connectivity index (χ0) is 24.9. The molecule has 0 aliphatic rings. The molecule has 4 rings (SSSR count). The maximum Gasteiger partial charge on any atom is 0.339 e. The molecule has 180 valence electrons. The van der Waals surface area contributed by atoms with Gasteiger partial charge in [-0.05, 0) is 53.1 Å². The molecule has 0 N–H and O–H groups in total. The number of carbonyl (C=O) groups excluding carboxylic acids is 1. The van der Waals surface area contributed by atoms with Crippen molar-refractivity contribution in [1.29, 1.82) is 0 Å². The number of methoxy groups -OCH3 is 1. The number of esters is 1. The summed E-state index contributed by atoms with van der Waals surface area (Å²) in [5.41, 5.74) is 3.79. The van der Waals surface area contributed by atoms with Crippen LogP contribution in [0.1, 0.15) is 42.6 Å². The Balaban J connectivity index is 0.000000795. The molecule has 0 atom stereocenters. The topological polar surface area (TPSA) is 35.5 Å². The number of rotatable bonds is 8. The van der Waals surface area contributed by atoms with Crippen LogP contribution < -0.4 is 4.74 Å². The molecule has 0 spiro atoms. The van der Waals surface area contributed by atoms with E-state index in [4.69, 9.17) is 9.47 Å². The summed E-state index contributed by atoms with van der Waals surface area (Å²) in [5.74, 6) is 0.522. The fourth-order valence-corrected chi connectivity index (χ4v) is 4.09. The van der Waals surface area contributed by atoms with Crippen LogP contribution in [0.5, 0.6) is 5.75 Å². The van der Waals surface area contributed by atoms with Crippen molar-refractivity contribution in [2.45, 2.75) is 43.1 Å². The summed E-state index contributed by atoms with van der Waals surface area (Å²) in [7, 11) is 1.66. The molecule has 0 aliphatic heterocycles. The van der Waals surface area contributed by atoms with Crippen molar-refractivity contribution in [2.75, 3.05) is 7.11 Å². The van der Waals surface area contributed by atoms with Gasteiger partial charge in [0, 0.05) is 9.79 Å². The Morgan fingerprint density at radius 2 is 1.29 bits per heavy atom. The highest BCUT2D eigenvalue weighted by Gasteiger charge is 2.14. The maximum absolute atomic E-state index is 12.7. The van der Waals surface area contributed by atoms with Crippen LogP contribution >= 0.6 is 11.8 Å². The molecule has 4 aromatic carbocycles. The van der Waals surface area contributed by atoms with E-state index in [2.05, 4.69) is 38.1 Å². The Bertz CT molecular complexity index is 1170. The van der Waals surface area contributed by atoms with E-state index in [1.54, 1.807) is 24.9 Å². The third-order valence-corrected chi connectivity index (χ3v) is 6.41. The fraction of sp³-hybridized carbons (Fsp3) is 0.194. The third kappa shape index (κ3) is 8.04. The molecule has 0 aliphatic carbocycles. The zero-order valence-electron chi connectivity index (χ0n) is 20.6. The highest BCUT2D eigenvalue weighted by Crippen LogP contribution is 2.32. The van der Waals surface area contributed by atoms with Crippen LogP contribution in [-0.4, -0.2) is 13.1 Å². The van der Waals surface area contributed by atoms with Crippen LogP contribution in [0.15, 0.2) is 113 Å². The highest BCUT2D eigenvalue weighted by molar-refractivity contribution is 7.99. The van der Waals surface area contributed by atoms with Gasteiger partial charge < -0.3 is 9.47 Å². The van der Waals surface area contributed by atoms with E-state index in [1.807, 2.05) is 72.8 Å². The number of hydrogen-bond acceptors (Lipinski definition) is 4. The van der Waals surface area contributed by atoms with E-state index in [-0.39, 0.29) is 12.6 Å². The molecule has 0 heterocycles. The summed E-state index contributed by atoms with van der Waals surface area (Å²) in [6, 6.07) is 33.5. The van der Waals surface area contributed by atoms with Gasteiger partial charge in [-0.15, -0.1) is 0 Å². The second kappa shape index (κ2) is 14.0. The molecule has 0 amide bonds. The van der Waals surface area contributed by atoms with Crippen molar-refractivity contribution < 1.29 is 14.3 Å². The summed E-state index contributed by atoms with van der Waals surface area (Å²) in [6.45, 7) is 4.62. The summed E-state index contributed by atoms with van der Waals surface area (Å²) >= 11 is 1.55. The molecule has 0 bridgehead atoms. The van der Waals surface area contributed by atoms with Crippen molar-refractivity contribution in [3.05, 3.63) is 114 Å². The van der Waals surface area contributed by atoms with Crippen LogP contribution in [-0.2, 0) is 11.3 Å². The quantitative estimate of drug-likeness (QED) is 0.234. The molecule has 35 heavy (non-hydrogen) atoms. The minimum absolute atomic E-state index is 0.259. The Morgan fingerprint density at radius 1 is 0.714 bits per heavy atom. The minimum atomic E-state index is -0.318. The molecule has 0 saturated heterocycles. The van der Waals surface area contributed by atoms with E-state index >= 15 is 0 Å². The predicted molar refractivity (Wildman–Crippen MR) is 145 cm³/mol. The van der Waals surface area contributed by atoms with Crippen LogP contribution in [0.3, 0.4) is 0 Å². The first-order valence-corrected chi connectivity index (χ1v) is 12.7. The lowest BCUT2D eigenvalue weighted by Crippen LogP contribution is -2.06. The number of carbonyl (C=O) groups is 1. The lowest BCUT2D eigenvalue weighted by atomic mass is 10.1. The first kappa shape index (κ1) is 26.1. The first-order valence-electron chi connectivity index (χ1n) is 11.9. The monoisotopic (exact) mass is 484 g/mol. The molecular formula is C31H32O3S. The molecule has 0 aromatic heterocycles. The summed E-state index contributed by atoms with van der Waals surface area (Å²) in [5, 5.41) is 0. The van der Waals surface area contributed by atoms with E-state index < -0.39 is 0 Å². The Kier molecular flexibility index (Phi) is 10.5. The van der Waals surface area contributed by atoms with Gasteiger partial charge in [-0.2, -0.15) is 0 Å². The van der Waals surface area contributed by atoms with Gasteiger partial charge >= 0.3 is 5.97 Å². The minimum Gasteiger partial charge on any atom is -0.497 e. The Labute approximate surface area is 213 Å². The van der Waals surface area contributed by atoms with Crippen molar-refractivity contribution in [1.82, 2.24) is 0 Å². The van der Waals surface area contributed by atoms with E-state index in [9.17, 15) is 4.79 Å². The van der Waals surface area contributed by atoms with Gasteiger partial charge in [0.2, 0.25) is 0 Å². The van der Waals surface area contributed by atoms with Crippen molar-refractivity contribution in [3.8, 4) is 16.9 Å². The summed E-state index contributed by atoms with van der Waals surface area (Å²) in [6.07, 6.45) is 2.64. The summed E-state index contributed by atoms with van der Waals surface area (Å²) in [4.78, 5) is 14.6. The maximum atomic E-state index is 12.7. The van der Waals surface area contributed by atoms with Crippen LogP contribution in [0.4, 0.5) is 0 Å². The van der Waals surface area contributed by atoms with Crippen LogP contribution in [0.2, 0.25) is 0 Å². The molecule has 3 nitrogen and oxygen atoms in total. The van der Waals surface area contributed by atoms with Gasteiger partial charge in [0.05, 0.1) is 12.7 Å². The Morgan fingerprint density at radius 3 is 1.89 bits per heavy atom. The molecule has 4 aromatic rings. The van der Waals surface area contributed by atoms with Gasteiger partial charge in [-0.3, -0.25) is 0 Å². The second-order valence-electron chi connectivity index (χ2n) is 7.91. The van der Waals surface area contributed by atoms with Crippen molar-refractivity contribution in [2.24, 2.45) is 0 Å². The van der Waals surface area contributed by atoms with E-state index in [0.29, 0.717) is 5.56 Å². The molecule has 0 saturated carbocycles. The molecule has 4 heteroatoms. The number of benzene rings is 4. The lowest BCUT2D eigenvalue weighted by Gasteiger charge is -2.10. The van der Waals surface area contributed by atoms with E-state index in [0.717, 1.165) is 32.2 Å². The average Bonchev–Trinajstić information content (AvgIpc) is 2.93. The number of unbranched alkanes of at least 4 members (excludes halogenated alkanes) is 1. The molecule has 0 radical (unpaired) electrons. The third-order valence-electron chi connectivity index (χ3n) is 5.33. The largest absolute Gasteiger partial charge is 0.497 e. The number of ether oxygens (including phenoxy) is 2. The van der Waals surface area contributed by atoms with Crippen LogP contribution in [0, 0.1) is 0 Å². The van der Waals surface area contributed by atoms with Crippen molar-refractivity contribution >= 4 is 17.7 Å². The Hall–Kier alpha value is -3.50. The normalized spacial score (nSPS) is 10.1. The standard InChI is InChI=1S/C27H22O3S.C4H10/c1-29-23-15-11-21(12-16-23)22-13-17-24(18-14-22)31-26-10-6-5-9-25(26)27(28)30-19-20-7-3-2-4-8-20;1-3-4-2/h2-18H,19H2,1H3;3-4H2,1-2H3. The van der Waals surface area contributed by atoms with Gasteiger partial charge in [0.15, 0.2) is 0 Å². The molecule has 0 unspecified atom stereocenters. The van der Waals surface area contributed by atoms with Crippen molar-refractivity contribution in [3.63, 3.8) is 0 Å². The SMILES string of the molecule is CCCC.COc1ccc(-c2ccc(Sc3ccccc3C(=O)OCc3ccccc3)cc2)cc1. The fourth-order valence-electron chi connectivity index (χ4n) is 3.15. The van der Waals surface area contributed by atoms with E-state index in [1.165, 1.54) is 12.8 Å². The second-order valence-corrected chi connectivity index (χ2v) is 9.03. The first-order chi connectivity index (χ1) is 17.1.